The van der Waals surface area contributed by atoms with Crippen LogP contribution in [0.3, 0.4) is 0 Å². The Labute approximate surface area is 180 Å². The normalized spacial score (nSPS) is 12.4. The number of rotatable bonds is 11. The number of nitrogens with one attached hydrogen (secondary N) is 1. The molecule has 0 aliphatic heterocycles. The highest BCUT2D eigenvalue weighted by Crippen LogP contribution is 2.21. The van der Waals surface area contributed by atoms with E-state index in [-0.39, 0.29) is 0 Å². The zero-order chi connectivity index (χ0) is 22.1. The van der Waals surface area contributed by atoms with Crippen LogP contribution in [0.25, 0.3) is 17.1 Å². The summed E-state index contributed by atoms with van der Waals surface area (Å²) >= 11 is 0. The molecule has 0 saturated heterocycles. The number of hydrogen-bond acceptors (Lipinski definition) is 4. The van der Waals surface area contributed by atoms with Crippen molar-refractivity contribution >= 4 is 23.0 Å². The van der Waals surface area contributed by atoms with E-state index in [1.807, 2.05) is 12.1 Å². The van der Waals surface area contributed by atoms with Crippen LogP contribution >= 0.6 is 0 Å². The molecule has 164 valence electrons. The molecule has 1 aromatic heterocycles. The van der Waals surface area contributed by atoms with E-state index in [9.17, 15) is 4.79 Å². The first-order chi connectivity index (χ1) is 14.4. The molecule has 2 rings (SSSR count). The van der Waals surface area contributed by atoms with Crippen LogP contribution in [0.2, 0.25) is 0 Å². The van der Waals surface area contributed by atoms with Gasteiger partial charge in [-0.2, -0.15) is 0 Å². The van der Waals surface area contributed by atoms with Crippen molar-refractivity contribution in [2.45, 2.75) is 72.5 Å². The van der Waals surface area contributed by atoms with Gasteiger partial charge in [-0.3, -0.25) is 14.9 Å². The Morgan fingerprint density at radius 2 is 1.97 bits per heavy atom. The fourth-order valence-corrected chi connectivity index (χ4v) is 3.78. The third kappa shape index (κ3) is 6.54. The monoisotopic (exact) mass is 412 g/mol. The number of hydrogen-bond donors (Lipinski definition) is 2. The van der Waals surface area contributed by atoms with Gasteiger partial charge in [0.1, 0.15) is 5.82 Å². The summed E-state index contributed by atoms with van der Waals surface area (Å²) in [6.07, 6.45) is 10.3. The standard InChI is InChI=1S/C24H36N4O2/c1-6-7-8-9-10-23-25-21-17-20(12-14-24(29)26-30)11-13-22(21)28(23)16-15-27(18(2)3)19(4)5/h7-8,11-14,17-19,30H,6,9-10,15-16H2,1-5H3,(H,26,29)/b8-7?,14-12+. The third-order valence-corrected chi connectivity index (χ3v) is 5.23. The molecular weight excluding hydrogens is 376 g/mol. The molecule has 0 spiro atoms. The molecule has 2 N–H and O–H groups in total. The Bertz CT molecular complexity index is 873. The molecule has 0 bridgehead atoms. The van der Waals surface area contributed by atoms with Crippen LogP contribution in [0, 0.1) is 0 Å². The Hall–Kier alpha value is -2.44. The predicted molar refractivity (Wildman–Crippen MR) is 123 cm³/mol. The molecule has 6 heteroatoms. The maximum Gasteiger partial charge on any atom is 0.267 e. The number of allylic oxidation sites excluding steroid dienone is 2. The molecule has 0 atom stereocenters. The van der Waals surface area contributed by atoms with Crippen LogP contribution in [0.5, 0.6) is 0 Å². The number of fused-ring (bicyclic) bond motifs is 1. The summed E-state index contributed by atoms with van der Waals surface area (Å²) < 4.78 is 2.33. The second-order valence-corrected chi connectivity index (χ2v) is 8.08. The van der Waals surface area contributed by atoms with E-state index in [1.54, 1.807) is 11.6 Å². The van der Waals surface area contributed by atoms with E-state index >= 15 is 0 Å². The van der Waals surface area contributed by atoms with Crippen molar-refractivity contribution in [1.29, 1.82) is 0 Å². The van der Waals surface area contributed by atoms with E-state index in [0.29, 0.717) is 12.1 Å². The molecular formula is C24H36N4O2. The molecule has 1 heterocycles. The van der Waals surface area contributed by atoms with Crippen molar-refractivity contribution in [2.24, 2.45) is 0 Å². The lowest BCUT2D eigenvalue weighted by Crippen LogP contribution is -2.39. The molecule has 30 heavy (non-hydrogen) atoms. The number of amides is 1. The van der Waals surface area contributed by atoms with E-state index in [1.165, 1.54) is 6.08 Å². The van der Waals surface area contributed by atoms with Crippen molar-refractivity contribution < 1.29 is 10.0 Å². The fourth-order valence-electron chi connectivity index (χ4n) is 3.78. The van der Waals surface area contributed by atoms with Gasteiger partial charge < -0.3 is 4.57 Å². The predicted octanol–water partition coefficient (Wildman–Crippen LogP) is 4.57. The average molecular weight is 413 g/mol. The summed E-state index contributed by atoms with van der Waals surface area (Å²) in [6, 6.07) is 7.01. The zero-order valence-electron chi connectivity index (χ0n) is 18.9. The first-order valence-corrected chi connectivity index (χ1v) is 10.9. The maximum absolute atomic E-state index is 11.3. The maximum atomic E-state index is 11.3. The van der Waals surface area contributed by atoms with Crippen molar-refractivity contribution in [3.63, 3.8) is 0 Å². The average Bonchev–Trinajstić information content (AvgIpc) is 3.05. The van der Waals surface area contributed by atoms with Gasteiger partial charge in [0.2, 0.25) is 0 Å². The van der Waals surface area contributed by atoms with Gasteiger partial charge >= 0.3 is 0 Å². The number of carbonyl (C=O) groups is 1. The van der Waals surface area contributed by atoms with Gasteiger partial charge in [-0.1, -0.05) is 25.1 Å². The zero-order valence-corrected chi connectivity index (χ0v) is 18.9. The van der Waals surface area contributed by atoms with Crippen molar-refractivity contribution in [2.75, 3.05) is 6.54 Å². The summed E-state index contributed by atoms with van der Waals surface area (Å²) in [5.74, 6) is 0.541. The van der Waals surface area contributed by atoms with Crippen LogP contribution in [0.1, 0.15) is 58.8 Å². The van der Waals surface area contributed by atoms with E-state index in [2.05, 4.69) is 62.3 Å². The Morgan fingerprint density at radius 3 is 2.60 bits per heavy atom. The lowest BCUT2D eigenvalue weighted by atomic mass is 10.2. The van der Waals surface area contributed by atoms with Gasteiger partial charge in [0.05, 0.1) is 11.0 Å². The number of hydroxylamine groups is 1. The Morgan fingerprint density at radius 1 is 1.23 bits per heavy atom. The Kier molecular flexibility index (Phi) is 9.27. The lowest BCUT2D eigenvalue weighted by molar-refractivity contribution is -0.124. The van der Waals surface area contributed by atoms with Crippen LogP contribution in [-0.2, 0) is 17.8 Å². The number of aromatic nitrogens is 2. The quantitative estimate of drug-likeness (QED) is 0.245. The molecule has 0 radical (unpaired) electrons. The Balaban J connectivity index is 2.33. The molecule has 6 nitrogen and oxygen atoms in total. The third-order valence-electron chi connectivity index (χ3n) is 5.23. The summed E-state index contributed by atoms with van der Waals surface area (Å²) in [4.78, 5) is 18.7. The van der Waals surface area contributed by atoms with Gasteiger partial charge in [0, 0.05) is 37.7 Å². The number of imidazole rings is 1. The minimum atomic E-state index is -0.550. The molecule has 1 aromatic carbocycles. The first-order valence-electron chi connectivity index (χ1n) is 10.9. The topological polar surface area (TPSA) is 70.4 Å². The van der Waals surface area contributed by atoms with Crippen LogP contribution < -0.4 is 5.48 Å². The molecule has 0 fully saturated rings. The molecule has 0 aliphatic carbocycles. The van der Waals surface area contributed by atoms with Gasteiger partial charge in [-0.15, -0.1) is 0 Å². The second-order valence-electron chi connectivity index (χ2n) is 8.08. The minimum Gasteiger partial charge on any atom is -0.327 e. The molecule has 0 unspecified atom stereocenters. The van der Waals surface area contributed by atoms with Gasteiger partial charge in [0.15, 0.2) is 0 Å². The fraction of sp³-hybridized carbons (Fsp3) is 0.500. The first kappa shape index (κ1) is 23.8. The largest absolute Gasteiger partial charge is 0.327 e. The summed E-state index contributed by atoms with van der Waals surface area (Å²) in [7, 11) is 0. The van der Waals surface area contributed by atoms with Crippen LogP contribution in [0.4, 0.5) is 0 Å². The number of carbonyl (C=O) groups excluding carboxylic acids is 1. The van der Waals surface area contributed by atoms with Gasteiger partial charge in [-0.25, -0.2) is 10.5 Å². The number of benzene rings is 1. The highest BCUT2D eigenvalue weighted by molar-refractivity contribution is 5.91. The molecule has 0 aliphatic rings. The second kappa shape index (κ2) is 11.7. The highest BCUT2D eigenvalue weighted by Gasteiger charge is 2.16. The minimum absolute atomic E-state index is 0.491. The van der Waals surface area contributed by atoms with Crippen molar-refractivity contribution in [1.82, 2.24) is 19.9 Å². The van der Waals surface area contributed by atoms with Crippen molar-refractivity contribution in [3.8, 4) is 0 Å². The number of nitrogens with zero attached hydrogens (tertiary/aromatic N) is 3. The van der Waals surface area contributed by atoms with E-state index in [0.717, 1.165) is 54.8 Å². The van der Waals surface area contributed by atoms with Crippen LogP contribution in [0.15, 0.2) is 36.4 Å². The van der Waals surface area contributed by atoms with Gasteiger partial charge in [-0.05, 0) is 64.3 Å². The molecule has 2 aromatic rings. The smallest absolute Gasteiger partial charge is 0.267 e. The number of aryl methyl sites for hydroxylation is 1. The molecule has 0 saturated carbocycles. The SMILES string of the molecule is CCC=CCCc1nc2cc(/C=C/C(=O)NO)ccc2n1CCN(C(C)C)C(C)C. The molecule has 1 amide bonds. The van der Waals surface area contributed by atoms with Crippen LogP contribution in [-0.4, -0.2) is 44.2 Å². The van der Waals surface area contributed by atoms with E-state index in [4.69, 9.17) is 10.2 Å². The van der Waals surface area contributed by atoms with Gasteiger partial charge in [0.25, 0.3) is 5.91 Å². The highest BCUT2D eigenvalue weighted by atomic mass is 16.5. The van der Waals surface area contributed by atoms with Crippen molar-refractivity contribution in [3.05, 3.63) is 47.8 Å². The summed E-state index contributed by atoms with van der Waals surface area (Å²) in [5.41, 5.74) is 4.52. The van der Waals surface area contributed by atoms with E-state index < -0.39 is 5.91 Å². The summed E-state index contributed by atoms with van der Waals surface area (Å²) in [5, 5.41) is 8.65. The lowest BCUT2D eigenvalue weighted by Gasteiger charge is -2.30. The summed E-state index contributed by atoms with van der Waals surface area (Å²) in [6.45, 7) is 13.0.